The van der Waals surface area contributed by atoms with Gasteiger partial charge in [-0.3, -0.25) is 9.59 Å². The molecule has 10 heteroatoms. The molecule has 1 aromatic heterocycles. The van der Waals surface area contributed by atoms with E-state index in [-0.39, 0.29) is 22.8 Å². The van der Waals surface area contributed by atoms with Crippen molar-refractivity contribution in [2.75, 3.05) is 7.11 Å². The average Bonchev–Trinajstić information content (AvgIpc) is 2.84. The lowest BCUT2D eigenvalue weighted by Crippen LogP contribution is -2.31. The second-order valence-corrected chi connectivity index (χ2v) is 10.3. The van der Waals surface area contributed by atoms with E-state index in [9.17, 15) is 27.5 Å². The van der Waals surface area contributed by atoms with Gasteiger partial charge >= 0.3 is 5.97 Å². The molecule has 0 aliphatic rings. The summed E-state index contributed by atoms with van der Waals surface area (Å²) in [6.07, 6.45) is -0.183. The van der Waals surface area contributed by atoms with E-state index in [1.54, 1.807) is 30.3 Å². The summed E-state index contributed by atoms with van der Waals surface area (Å²) >= 11 is 0. The minimum Gasteiger partial charge on any atom is -0.503 e. The molecule has 0 fully saturated rings. The highest BCUT2D eigenvalue weighted by atomic mass is 32.2. The minimum atomic E-state index is -4.09. The first-order valence-corrected chi connectivity index (χ1v) is 12.6. The van der Waals surface area contributed by atoms with Gasteiger partial charge in [-0.25, -0.2) is 17.8 Å². The number of esters is 1. The number of carbonyl (C=O) groups excluding carboxylic acids is 2. The quantitative estimate of drug-likeness (QED) is 0.241. The predicted octanol–water partition coefficient (Wildman–Crippen LogP) is 4.29. The van der Waals surface area contributed by atoms with Gasteiger partial charge in [-0.05, 0) is 36.8 Å². The van der Waals surface area contributed by atoms with Crippen LogP contribution in [0, 0.1) is 11.7 Å². The molecule has 0 aliphatic carbocycles. The first-order chi connectivity index (χ1) is 17.1. The number of benzene rings is 2. The third-order valence-electron chi connectivity index (χ3n) is 5.60. The lowest BCUT2D eigenvalue weighted by molar-refractivity contribution is -0.152. The van der Waals surface area contributed by atoms with Crippen molar-refractivity contribution < 1.29 is 37.0 Å². The molecule has 0 aliphatic heterocycles. The van der Waals surface area contributed by atoms with Gasteiger partial charge in [0, 0.05) is 18.7 Å². The highest BCUT2D eigenvalue weighted by molar-refractivity contribution is 7.91. The Morgan fingerprint density at radius 3 is 2.28 bits per heavy atom. The number of methoxy groups -OCH3 is 1. The fourth-order valence-corrected chi connectivity index (χ4v) is 5.62. The highest BCUT2D eigenvalue weighted by Crippen LogP contribution is 2.34. The highest BCUT2D eigenvalue weighted by Gasteiger charge is 2.37. The number of aromatic hydroxyl groups is 1. The molecular formula is C26H26FNO7S. The standard InChI is InChI=1S/C26H26FNO7S/c1-16(15-21(29)23-24(30)22(34-3)13-14-28-23)26(31)35-17(2)25(18-7-5-4-6-8-18)36(32,33)20-11-9-19(27)10-12-20/h4-14,16-17,25,30H,15H2,1-3H3/t16-,17+,25+/m1/s1. The lowest BCUT2D eigenvalue weighted by Gasteiger charge is -2.26. The summed E-state index contributed by atoms with van der Waals surface area (Å²) < 4.78 is 50.9. The molecule has 3 atom stereocenters. The van der Waals surface area contributed by atoms with Crippen molar-refractivity contribution in [3.05, 3.63) is 83.9 Å². The van der Waals surface area contributed by atoms with Gasteiger partial charge in [0.2, 0.25) is 0 Å². The Kier molecular flexibility index (Phi) is 8.41. The van der Waals surface area contributed by atoms with Crippen LogP contribution in [-0.2, 0) is 19.4 Å². The van der Waals surface area contributed by atoms with Gasteiger partial charge in [-0.1, -0.05) is 37.3 Å². The molecule has 0 radical (unpaired) electrons. The molecule has 0 spiro atoms. The van der Waals surface area contributed by atoms with E-state index in [4.69, 9.17) is 9.47 Å². The molecule has 0 saturated carbocycles. The van der Waals surface area contributed by atoms with Crippen molar-refractivity contribution in [2.24, 2.45) is 5.92 Å². The first kappa shape index (κ1) is 26.8. The maximum absolute atomic E-state index is 13.5. The van der Waals surface area contributed by atoms with Crippen molar-refractivity contribution in [2.45, 2.75) is 36.5 Å². The first-order valence-electron chi connectivity index (χ1n) is 11.1. The van der Waals surface area contributed by atoms with Gasteiger partial charge in [-0.15, -0.1) is 0 Å². The molecular weight excluding hydrogens is 489 g/mol. The number of nitrogens with zero attached hydrogens (tertiary/aromatic N) is 1. The second-order valence-electron chi connectivity index (χ2n) is 8.21. The van der Waals surface area contributed by atoms with Crippen LogP contribution in [0.1, 0.15) is 41.6 Å². The van der Waals surface area contributed by atoms with Gasteiger partial charge in [-0.2, -0.15) is 0 Å². The van der Waals surface area contributed by atoms with Gasteiger partial charge in [0.25, 0.3) is 0 Å². The monoisotopic (exact) mass is 515 g/mol. The van der Waals surface area contributed by atoms with Crippen molar-refractivity contribution >= 4 is 21.6 Å². The number of Topliss-reactive ketones (excluding diaryl/α,β-unsaturated/α-hetero) is 1. The van der Waals surface area contributed by atoms with Gasteiger partial charge in [0.15, 0.2) is 32.8 Å². The number of ether oxygens (including phenoxy) is 2. The van der Waals surface area contributed by atoms with E-state index >= 15 is 0 Å². The van der Waals surface area contributed by atoms with Crippen LogP contribution in [0.5, 0.6) is 11.5 Å². The molecule has 1 N–H and O–H groups in total. The number of hydrogen-bond donors (Lipinski definition) is 1. The Bertz CT molecular complexity index is 1330. The van der Waals surface area contributed by atoms with Crippen LogP contribution in [0.25, 0.3) is 0 Å². The normalized spacial score (nSPS) is 13.9. The molecule has 1 heterocycles. The van der Waals surface area contributed by atoms with E-state index in [2.05, 4.69) is 4.98 Å². The molecule has 2 aromatic carbocycles. The molecule has 36 heavy (non-hydrogen) atoms. The number of ketones is 1. The number of aromatic nitrogens is 1. The number of sulfone groups is 1. The maximum Gasteiger partial charge on any atom is 0.309 e. The summed E-state index contributed by atoms with van der Waals surface area (Å²) in [4.78, 5) is 29.2. The number of pyridine rings is 1. The minimum absolute atomic E-state index is 0.0638. The third kappa shape index (κ3) is 5.88. The summed E-state index contributed by atoms with van der Waals surface area (Å²) in [6.45, 7) is 2.90. The summed E-state index contributed by atoms with van der Waals surface area (Å²) in [5.41, 5.74) is 0.138. The van der Waals surface area contributed by atoms with Crippen LogP contribution < -0.4 is 4.74 Å². The fourth-order valence-electron chi connectivity index (χ4n) is 3.74. The van der Waals surface area contributed by atoms with E-state index in [0.29, 0.717) is 5.56 Å². The smallest absolute Gasteiger partial charge is 0.309 e. The van der Waals surface area contributed by atoms with Crippen molar-refractivity contribution in [3.63, 3.8) is 0 Å². The average molecular weight is 516 g/mol. The van der Waals surface area contributed by atoms with E-state index in [1.165, 1.54) is 33.2 Å². The number of rotatable bonds is 10. The second kappa shape index (κ2) is 11.3. The summed E-state index contributed by atoms with van der Waals surface area (Å²) in [7, 11) is -2.76. The Hall–Kier alpha value is -3.79. The Labute approximate surface area is 208 Å². The zero-order valence-electron chi connectivity index (χ0n) is 19.9. The van der Waals surface area contributed by atoms with E-state index < -0.39 is 50.4 Å². The van der Waals surface area contributed by atoms with Crippen LogP contribution >= 0.6 is 0 Å². The lowest BCUT2D eigenvalue weighted by atomic mass is 10.0. The largest absolute Gasteiger partial charge is 0.503 e. The number of carbonyl (C=O) groups is 2. The molecule has 0 bridgehead atoms. The van der Waals surface area contributed by atoms with Crippen LogP contribution in [0.4, 0.5) is 4.39 Å². The summed E-state index contributed by atoms with van der Waals surface area (Å²) in [5.74, 6) is -3.32. The molecule has 0 saturated heterocycles. The molecule has 0 amide bonds. The topological polar surface area (TPSA) is 120 Å². The SMILES string of the molecule is COc1ccnc(C(=O)C[C@@H](C)C(=O)O[C@@H](C)[C@@H](c2ccccc2)S(=O)(=O)c2ccc(F)cc2)c1O. The summed E-state index contributed by atoms with van der Waals surface area (Å²) in [6, 6.07) is 14.0. The van der Waals surface area contributed by atoms with Crippen LogP contribution in [0.3, 0.4) is 0 Å². The number of halogens is 1. The van der Waals surface area contributed by atoms with Gasteiger partial charge in [0.05, 0.1) is 17.9 Å². The predicted molar refractivity (Wildman–Crippen MR) is 129 cm³/mol. The zero-order chi connectivity index (χ0) is 26.5. The molecule has 8 nitrogen and oxygen atoms in total. The Morgan fingerprint density at radius 2 is 1.67 bits per heavy atom. The Morgan fingerprint density at radius 1 is 1.03 bits per heavy atom. The summed E-state index contributed by atoms with van der Waals surface area (Å²) in [5, 5.41) is 8.88. The molecule has 3 rings (SSSR count). The van der Waals surface area contributed by atoms with E-state index in [0.717, 1.165) is 24.3 Å². The van der Waals surface area contributed by atoms with Crippen molar-refractivity contribution in [1.82, 2.24) is 4.98 Å². The van der Waals surface area contributed by atoms with Crippen LogP contribution in [0.2, 0.25) is 0 Å². The molecule has 190 valence electrons. The fraction of sp³-hybridized carbons (Fsp3) is 0.269. The van der Waals surface area contributed by atoms with Crippen LogP contribution in [0.15, 0.2) is 71.8 Å². The van der Waals surface area contributed by atoms with Crippen LogP contribution in [-0.4, -0.2) is 43.5 Å². The zero-order valence-corrected chi connectivity index (χ0v) is 20.7. The number of hydrogen-bond acceptors (Lipinski definition) is 8. The third-order valence-corrected chi connectivity index (χ3v) is 7.85. The van der Waals surface area contributed by atoms with Crippen molar-refractivity contribution in [3.8, 4) is 11.5 Å². The Balaban J connectivity index is 1.82. The van der Waals surface area contributed by atoms with Crippen molar-refractivity contribution in [1.29, 1.82) is 0 Å². The van der Waals surface area contributed by atoms with E-state index in [1.807, 2.05) is 0 Å². The molecule has 0 unspecified atom stereocenters. The molecule has 3 aromatic rings. The van der Waals surface area contributed by atoms with Gasteiger partial charge < -0.3 is 14.6 Å². The van der Waals surface area contributed by atoms with Gasteiger partial charge in [0.1, 0.15) is 17.2 Å². The maximum atomic E-state index is 13.5.